The van der Waals surface area contributed by atoms with Crippen molar-refractivity contribution >= 4 is 50.0 Å². The fraction of sp³-hybridized carbons (Fsp3) is 0.500. The number of halogens is 3. The molecule has 0 amide bonds. The summed E-state index contributed by atoms with van der Waals surface area (Å²) in [6, 6.07) is 4.79. The summed E-state index contributed by atoms with van der Waals surface area (Å²) in [7, 11) is -3.50. The molecule has 0 saturated carbocycles. The fourth-order valence-electron chi connectivity index (χ4n) is 2.18. The van der Waals surface area contributed by atoms with Gasteiger partial charge in [0, 0.05) is 34.7 Å². The van der Waals surface area contributed by atoms with Crippen LogP contribution < -0.4 is 5.32 Å². The van der Waals surface area contributed by atoms with E-state index in [-0.39, 0.29) is 29.4 Å². The number of nitrogens with zero attached hydrogens (tertiary/aromatic N) is 1. The zero-order valence-corrected chi connectivity index (χ0v) is 15.1. The zero-order chi connectivity index (χ0) is 14.2. The van der Waals surface area contributed by atoms with Gasteiger partial charge < -0.3 is 5.32 Å². The minimum Gasteiger partial charge on any atom is -0.311 e. The highest BCUT2D eigenvalue weighted by molar-refractivity contribution is 9.10. The molecule has 1 aromatic carbocycles. The molecule has 114 valence electrons. The van der Waals surface area contributed by atoms with E-state index in [2.05, 4.69) is 21.2 Å². The van der Waals surface area contributed by atoms with Crippen LogP contribution in [0.4, 0.5) is 0 Å². The maximum Gasteiger partial charge on any atom is 0.244 e. The van der Waals surface area contributed by atoms with Crippen molar-refractivity contribution in [3.05, 3.63) is 27.7 Å². The van der Waals surface area contributed by atoms with Crippen molar-refractivity contribution in [1.82, 2.24) is 9.62 Å². The van der Waals surface area contributed by atoms with Gasteiger partial charge in [-0.3, -0.25) is 0 Å². The average molecular weight is 404 g/mol. The highest BCUT2D eigenvalue weighted by Crippen LogP contribution is 2.29. The summed E-state index contributed by atoms with van der Waals surface area (Å²) in [5.41, 5.74) is 0. The summed E-state index contributed by atoms with van der Waals surface area (Å²) >= 11 is 9.13. The summed E-state index contributed by atoms with van der Waals surface area (Å²) in [5.74, 6) is 0. The van der Waals surface area contributed by atoms with Crippen molar-refractivity contribution in [3.8, 4) is 0 Å². The number of benzene rings is 1. The second-order valence-electron chi connectivity index (χ2n) is 4.67. The molecule has 0 radical (unpaired) electrons. The smallest absolute Gasteiger partial charge is 0.244 e. The normalized spacial score (nSPS) is 24.2. The molecule has 0 aromatic heterocycles. The molecule has 1 heterocycles. The van der Waals surface area contributed by atoms with Gasteiger partial charge >= 0.3 is 0 Å². The summed E-state index contributed by atoms with van der Waals surface area (Å²) in [4.78, 5) is 0.262. The molecule has 1 aromatic rings. The van der Waals surface area contributed by atoms with Crippen molar-refractivity contribution in [2.24, 2.45) is 0 Å². The number of hydrogen-bond acceptors (Lipinski definition) is 3. The van der Waals surface area contributed by atoms with Gasteiger partial charge in [0.1, 0.15) is 0 Å². The van der Waals surface area contributed by atoms with Gasteiger partial charge in [-0.2, -0.15) is 4.31 Å². The topological polar surface area (TPSA) is 49.4 Å². The van der Waals surface area contributed by atoms with Gasteiger partial charge in [0.15, 0.2) is 0 Å². The first kappa shape index (κ1) is 18.2. The van der Waals surface area contributed by atoms with Crippen LogP contribution in [0.3, 0.4) is 0 Å². The van der Waals surface area contributed by atoms with Gasteiger partial charge in [-0.1, -0.05) is 11.6 Å². The Morgan fingerprint density at radius 2 is 2.05 bits per heavy atom. The molecule has 8 heteroatoms. The third kappa shape index (κ3) is 3.48. The number of hydrogen-bond donors (Lipinski definition) is 1. The molecule has 0 aliphatic carbocycles. The molecule has 1 N–H and O–H groups in total. The van der Waals surface area contributed by atoms with Crippen LogP contribution in [-0.4, -0.2) is 37.9 Å². The largest absolute Gasteiger partial charge is 0.311 e. The van der Waals surface area contributed by atoms with Crippen molar-refractivity contribution in [3.63, 3.8) is 0 Å². The van der Waals surface area contributed by atoms with Gasteiger partial charge in [0.25, 0.3) is 0 Å². The maximum atomic E-state index is 12.7. The molecule has 2 rings (SSSR count). The molecule has 4 nitrogen and oxygen atoms in total. The van der Waals surface area contributed by atoms with Gasteiger partial charge in [0.05, 0.1) is 4.90 Å². The van der Waals surface area contributed by atoms with E-state index in [1.54, 1.807) is 22.5 Å². The van der Waals surface area contributed by atoms with Crippen LogP contribution in [0.25, 0.3) is 0 Å². The second-order valence-corrected chi connectivity index (χ2v) is 7.82. The molecular formula is C12H17BrCl2N2O2S. The van der Waals surface area contributed by atoms with Crippen LogP contribution in [0.1, 0.15) is 13.8 Å². The van der Waals surface area contributed by atoms with E-state index in [4.69, 9.17) is 11.6 Å². The highest BCUT2D eigenvalue weighted by atomic mass is 79.9. The molecule has 0 spiro atoms. The van der Waals surface area contributed by atoms with Crippen LogP contribution in [0.2, 0.25) is 5.02 Å². The lowest BCUT2D eigenvalue weighted by Gasteiger charge is -2.37. The first-order valence-electron chi connectivity index (χ1n) is 6.04. The molecule has 20 heavy (non-hydrogen) atoms. The van der Waals surface area contributed by atoms with Gasteiger partial charge in [-0.25, -0.2) is 8.42 Å². The summed E-state index contributed by atoms with van der Waals surface area (Å²) in [6.07, 6.45) is 0. The standard InChI is InChI=1S/C12H16BrClN2O2S.ClH/c1-8-9(2)16(6-5-15-8)19(17,18)12-4-3-10(14)7-11(12)13;/h3-4,7-9,15H,5-6H2,1-2H3;1H. The lowest BCUT2D eigenvalue weighted by atomic mass is 10.1. The van der Waals surface area contributed by atoms with E-state index >= 15 is 0 Å². The van der Waals surface area contributed by atoms with Crippen molar-refractivity contribution in [1.29, 1.82) is 0 Å². The third-order valence-corrected chi connectivity index (χ3v) is 6.65. The maximum absolute atomic E-state index is 12.7. The number of piperazine rings is 1. The van der Waals surface area contributed by atoms with Gasteiger partial charge in [0.2, 0.25) is 10.0 Å². The molecule has 1 aliphatic heterocycles. The van der Waals surface area contributed by atoms with E-state index < -0.39 is 10.0 Å². The van der Waals surface area contributed by atoms with Gasteiger partial charge in [-0.15, -0.1) is 12.4 Å². The molecule has 1 aliphatic rings. The Morgan fingerprint density at radius 3 is 2.65 bits per heavy atom. The molecule has 1 fully saturated rings. The van der Waals surface area contributed by atoms with E-state index in [0.29, 0.717) is 22.6 Å². The first-order chi connectivity index (χ1) is 8.84. The average Bonchev–Trinajstić information content (AvgIpc) is 2.31. The minimum atomic E-state index is -3.50. The van der Waals surface area contributed by atoms with E-state index in [1.807, 2.05) is 13.8 Å². The number of sulfonamides is 1. The van der Waals surface area contributed by atoms with Crippen molar-refractivity contribution in [2.75, 3.05) is 13.1 Å². The SMILES string of the molecule is CC1NCCN(S(=O)(=O)c2ccc(Cl)cc2Br)C1C.Cl. The number of rotatable bonds is 2. The minimum absolute atomic E-state index is 0. The van der Waals surface area contributed by atoms with Crippen LogP contribution in [0, 0.1) is 0 Å². The Labute approximate surface area is 139 Å². The Morgan fingerprint density at radius 1 is 1.40 bits per heavy atom. The van der Waals surface area contributed by atoms with Crippen LogP contribution in [-0.2, 0) is 10.0 Å². The summed E-state index contributed by atoms with van der Waals surface area (Å²) in [5, 5.41) is 3.78. The van der Waals surface area contributed by atoms with Crippen molar-refractivity contribution in [2.45, 2.75) is 30.8 Å². The monoisotopic (exact) mass is 402 g/mol. The third-order valence-electron chi connectivity index (χ3n) is 3.46. The highest BCUT2D eigenvalue weighted by Gasteiger charge is 2.35. The predicted octanol–water partition coefficient (Wildman–Crippen LogP) is 2.90. The Kier molecular flexibility index (Phi) is 6.32. The molecule has 2 atom stereocenters. The van der Waals surface area contributed by atoms with Gasteiger partial charge in [-0.05, 0) is 48.0 Å². The molecule has 0 bridgehead atoms. The molecule has 2 unspecified atom stereocenters. The first-order valence-corrected chi connectivity index (χ1v) is 8.65. The Bertz CT molecular complexity index is 583. The quantitative estimate of drug-likeness (QED) is 0.825. The van der Waals surface area contributed by atoms with Crippen LogP contribution >= 0.6 is 39.9 Å². The van der Waals surface area contributed by atoms with E-state index in [9.17, 15) is 8.42 Å². The second kappa shape index (κ2) is 6.94. The molecular weight excluding hydrogens is 387 g/mol. The lowest BCUT2D eigenvalue weighted by molar-refractivity contribution is 0.233. The Balaban J connectivity index is 0.00000200. The predicted molar refractivity (Wildman–Crippen MR) is 87.2 cm³/mol. The van der Waals surface area contributed by atoms with Crippen molar-refractivity contribution < 1.29 is 8.42 Å². The van der Waals surface area contributed by atoms with Crippen LogP contribution in [0.5, 0.6) is 0 Å². The lowest BCUT2D eigenvalue weighted by Crippen LogP contribution is -2.57. The Hall–Kier alpha value is 0.150. The number of nitrogens with one attached hydrogen (secondary N) is 1. The molecule has 1 saturated heterocycles. The summed E-state index contributed by atoms with van der Waals surface area (Å²) in [6.45, 7) is 5.04. The van der Waals surface area contributed by atoms with Crippen LogP contribution in [0.15, 0.2) is 27.6 Å². The van der Waals surface area contributed by atoms with E-state index in [0.717, 1.165) is 0 Å². The fourth-order valence-corrected chi connectivity index (χ4v) is 5.22. The van der Waals surface area contributed by atoms with E-state index in [1.165, 1.54) is 0 Å². The summed E-state index contributed by atoms with van der Waals surface area (Å²) < 4.78 is 27.4. The zero-order valence-electron chi connectivity index (χ0n) is 11.1.